The van der Waals surface area contributed by atoms with Crippen molar-refractivity contribution in [3.05, 3.63) is 41.9 Å². The van der Waals surface area contributed by atoms with Crippen LogP contribution in [-0.2, 0) is 0 Å². The Balaban J connectivity index is 1.29. The van der Waals surface area contributed by atoms with Crippen molar-refractivity contribution in [2.75, 3.05) is 70.9 Å². The molecule has 0 spiro atoms. The number of hydrogen-bond acceptors (Lipinski definition) is 4. The summed E-state index contributed by atoms with van der Waals surface area (Å²) >= 11 is 6.13. The lowest BCUT2D eigenvalue weighted by molar-refractivity contribution is 0.225. The highest BCUT2D eigenvalue weighted by Gasteiger charge is 2.19. The molecule has 2 heterocycles. The Bertz CT molecular complexity index is 678. The molecule has 0 bridgehead atoms. The number of hydrogen-bond donors (Lipinski definition) is 2. The Hall–Kier alpha value is -1.76. The van der Waals surface area contributed by atoms with Crippen LogP contribution in [0.5, 0.6) is 0 Å². The average Bonchev–Trinajstić information content (AvgIpc) is 2.77. The molecule has 6 nitrogen and oxygen atoms in total. The molecule has 7 heteroatoms. The molecule has 1 aromatic rings. The van der Waals surface area contributed by atoms with Crippen molar-refractivity contribution in [1.82, 2.24) is 20.4 Å². The predicted molar refractivity (Wildman–Crippen MR) is 129 cm³/mol. The quantitative estimate of drug-likeness (QED) is 0.286. The molecular weight excluding hydrogens is 396 g/mol. The van der Waals surface area contributed by atoms with Gasteiger partial charge >= 0.3 is 0 Å². The van der Waals surface area contributed by atoms with Gasteiger partial charge in [0.25, 0.3) is 0 Å². The van der Waals surface area contributed by atoms with E-state index in [2.05, 4.69) is 49.0 Å². The zero-order chi connectivity index (χ0) is 21.2. The van der Waals surface area contributed by atoms with Gasteiger partial charge in [-0.25, -0.2) is 0 Å². The lowest BCUT2D eigenvalue weighted by Crippen LogP contribution is -2.49. The lowest BCUT2D eigenvalue weighted by atomic mass is 10.1. The minimum Gasteiger partial charge on any atom is -0.369 e. The highest BCUT2D eigenvalue weighted by molar-refractivity contribution is 6.30. The molecule has 2 aliphatic rings. The molecule has 0 atom stereocenters. The maximum atomic E-state index is 6.13. The number of piperazine rings is 1. The molecule has 30 heavy (non-hydrogen) atoms. The van der Waals surface area contributed by atoms with E-state index in [9.17, 15) is 0 Å². The normalized spacial score (nSPS) is 19.7. The van der Waals surface area contributed by atoms with Gasteiger partial charge in [-0.2, -0.15) is 0 Å². The summed E-state index contributed by atoms with van der Waals surface area (Å²) in [5.74, 6) is 0.933. The molecule has 0 saturated carbocycles. The Labute approximate surface area is 187 Å². The molecule has 2 aliphatic heterocycles. The first-order valence-electron chi connectivity index (χ1n) is 11.2. The van der Waals surface area contributed by atoms with Crippen molar-refractivity contribution in [2.45, 2.75) is 25.3 Å². The Morgan fingerprint density at radius 2 is 1.93 bits per heavy atom. The van der Waals surface area contributed by atoms with E-state index in [1.807, 2.05) is 25.3 Å². The minimum atomic E-state index is 0.511. The number of guanidine groups is 1. The summed E-state index contributed by atoms with van der Waals surface area (Å²) in [4.78, 5) is 11.8. The minimum absolute atomic E-state index is 0.511. The van der Waals surface area contributed by atoms with Gasteiger partial charge in [0.05, 0.1) is 0 Å². The second-order valence-electron chi connectivity index (χ2n) is 8.17. The van der Waals surface area contributed by atoms with Crippen molar-refractivity contribution in [3.63, 3.8) is 0 Å². The first-order chi connectivity index (χ1) is 14.7. The summed E-state index contributed by atoms with van der Waals surface area (Å²) in [5, 5.41) is 7.89. The van der Waals surface area contributed by atoms with Gasteiger partial charge in [0, 0.05) is 76.2 Å². The fourth-order valence-electron chi connectivity index (χ4n) is 4.24. The van der Waals surface area contributed by atoms with Gasteiger partial charge in [-0.05, 0) is 44.0 Å². The summed E-state index contributed by atoms with van der Waals surface area (Å²) in [5.41, 5.74) is 1.23. The van der Waals surface area contributed by atoms with Crippen LogP contribution >= 0.6 is 11.6 Å². The summed E-state index contributed by atoms with van der Waals surface area (Å²) in [6.45, 7) is 13.5. The largest absolute Gasteiger partial charge is 0.369 e. The first-order valence-corrected chi connectivity index (χ1v) is 11.6. The van der Waals surface area contributed by atoms with E-state index < -0.39 is 0 Å². The van der Waals surface area contributed by atoms with Crippen LogP contribution in [0.3, 0.4) is 0 Å². The summed E-state index contributed by atoms with van der Waals surface area (Å²) in [6.07, 6.45) is 5.43. The average molecular weight is 433 g/mol. The maximum Gasteiger partial charge on any atom is 0.191 e. The number of likely N-dealkylation sites (tertiary alicyclic amines) is 1. The second-order valence-corrected chi connectivity index (χ2v) is 8.61. The molecule has 166 valence electrons. The maximum absolute atomic E-state index is 6.13. The van der Waals surface area contributed by atoms with Crippen LogP contribution in [0.1, 0.15) is 19.3 Å². The number of anilines is 1. The Morgan fingerprint density at radius 1 is 1.17 bits per heavy atom. The van der Waals surface area contributed by atoms with E-state index in [1.54, 1.807) is 0 Å². The zero-order valence-electron chi connectivity index (χ0n) is 18.3. The highest BCUT2D eigenvalue weighted by atomic mass is 35.5. The van der Waals surface area contributed by atoms with E-state index in [0.29, 0.717) is 6.04 Å². The number of benzene rings is 1. The molecular formula is C23H37ClN6. The standard InChI is InChI=1S/C23H37ClN6/c1-3-11-28-13-8-21(9-14-28)27-23(25-2)26-10-5-12-29-15-17-30(18-16-29)22-7-4-6-20(24)19-22/h3-4,6-7,19,21H,1,5,8-18H2,2H3,(H2,25,26,27). The molecule has 2 fully saturated rings. The SMILES string of the molecule is C=CCN1CCC(NC(=NC)NCCCN2CCN(c3cccc(Cl)c3)CC2)CC1. The molecule has 2 N–H and O–H groups in total. The fraction of sp³-hybridized carbons (Fsp3) is 0.609. The summed E-state index contributed by atoms with van der Waals surface area (Å²) < 4.78 is 0. The Kier molecular flexibility index (Phi) is 9.30. The van der Waals surface area contributed by atoms with Gasteiger partial charge < -0.3 is 15.5 Å². The van der Waals surface area contributed by atoms with E-state index in [1.165, 1.54) is 5.69 Å². The number of nitrogens with zero attached hydrogens (tertiary/aromatic N) is 4. The van der Waals surface area contributed by atoms with Crippen molar-refractivity contribution >= 4 is 23.2 Å². The number of aliphatic imine (C=N–C) groups is 1. The second kappa shape index (κ2) is 12.2. The van der Waals surface area contributed by atoms with Gasteiger partial charge in [0.1, 0.15) is 0 Å². The molecule has 0 unspecified atom stereocenters. The first kappa shape index (κ1) is 22.9. The summed E-state index contributed by atoms with van der Waals surface area (Å²) in [6, 6.07) is 8.68. The van der Waals surface area contributed by atoms with Gasteiger partial charge in [-0.1, -0.05) is 23.7 Å². The van der Waals surface area contributed by atoms with Crippen LogP contribution in [-0.4, -0.2) is 87.8 Å². The fourth-order valence-corrected chi connectivity index (χ4v) is 4.43. The van der Waals surface area contributed by atoms with Crippen LogP contribution in [0.2, 0.25) is 5.02 Å². The van der Waals surface area contributed by atoms with E-state index >= 15 is 0 Å². The van der Waals surface area contributed by atoms with Crippen LogP contribution in [0.4, 0.5) is 5.69 Å². The number of piperidine rings is 1. The topological polar surface area (TPSA) is 46.1 Å². The van der Waals surface area contributed by atoms with Gasteiger partial charge in [-0.15, -0.1) is 6.58 Å². The van der Waals surface area contributed by atoms with Crippen LogP contribution in [0.25, 0.3) is 0 Å². The van der Waals surface area contributed by atoms with Crippen molar-refractivity contribution in [3.8, 4) is 0 Å². The molecule has 0 radical (unpaired) electrons. The Morgan fingerprint density at radius 3 is 2.60 bits per heavy atom. The molecule has 0 aliphatic carbocycles. The lowest BCUT2D eigenvalue weighted by Gasteiger charge is -2.36. The smallest absolute Gasteiger partial charge is 0.191 e. The van der Waals surface area contributed by atoms with Gasteiger partial charge in [0.15, 0.2) is 5.96 Å². The van der Waals surface area contributed by atoms with Crippen molar-refractivity contribution in [2.24, 2.45) is 4.99 Å². The van der Waals surface area contributed by atoms with Gasteiger partial charge in [-0.3, -0.25) is 14.8 Å². The van der Waals surface area contributed by atoms with E-state index in [4.69, 9.17) is 11.6 Å². The third kappa shape index (κ3) is 7.18. The van der Waals surface area contributed by atoms with Crippen molar-refractivity contribution in [1.29, 1.82) is 0 Å². The monoisotopic (exact) mass is 432 g/mol. The predicted octanol–water partition coefficient (Wildman–Crippen LogP) is 2.67. The number of halogens is 1. The third-order valence-corrected chi connectivity index (χ3v) is 6.26. The zero-order valence-corrected chi connectivity index (χ0v) is 19.1. The molecule has 2 saturated heterocycles. The number of rotatable bonds is 8. The number of nitrogens with one attached hydrogen (secondary N) is 2. The van der Waals surface area contributed by atoms with Crippen LogP contribution in [0, 0.1) is 0 Å². The third-order valence-electron chi connectivity index (χ3n) is 6.03. The summed E-state index contributed by atoms with van der Waals surface area (Å²) in [7, 11) is 1.86. The van der Waals surface area contributed by atoms with E-state index in [0.717, 1.165) is 89.1 Å². The van der Waals surface area contributed by atoms with Gasteiger partial charge in [0.2, 0.25) is 0 Å². The van der Waals surface area contributed by atoms with E-state index in [-0.39, 0.29) is 0 Å². The van der Waals surface area contributed by atoms with Crippen LogP contribution < -0.4 is 15.5 Å². The highest BCUT2D eigenvalue weighted by Crippen LogP contribution is 2.20. The molecule has 0 amide bonds. The van der Waals surface area contributed by atoms with Crippen LogP contribution in [0.15, 0.2) is 41.9 Å². The molecule has 1 aromatic carbocycles. The molecule has 3 rings (SSSR count). The van der Waals surface area contributed by atoms with Crippen molar-refractivity contribution < 1.29 is 0 Å². The molecule has 0 aromatic heterocycles.